The third-order valence-electron chi connectivity index (χ3n) is 2.05. The number of benzene rings is 1. The highest BCUT2D eigenvalue weighted by Gasteiger charge is 2.27. The molecule has 0 heterocycles. The molecular formula is C11H8Cl2F3NO4. The van der Waals surface area contributed by atoms with E-state index in [0.717, 1.165) is 12.1 Å². The van der Waals surface area contributed by atoms with Gasteiger partial charge >= 0.3 is 12.1 Å². The van der Waals surface area contributed by atoms with Crippen LogP contribution in [0.4, 0.5) is 18.9 Å². The Balaban J connectivity index is 2.71. The fourth-order valence-electron chi connectivity index (χ4n) is 1.25. The van der Waals surface area contributed by atoms with E-state index in [0.29, 0.717) is 0 Å². The summed E-state index contributed by atoms with van der Waals surface area (Å²) in [6, 6.07) is 2.09. The number of carboxylic acid groups (broad SMARTS) is 1. The van der Waals surface area contributed by atoms with Crippen LogP contribution in [-0.2, 0) is 9.53 Å². The molecule has 5 nitrogen and oxygen atoms in total. The quantitative estimate of drug-likeness (QED) is 0.859. The highest BCUT2D eigenvalue weighted by atomic mass is 35.5. The van der Waals surface area contributed by atoms with E-state index in [1.165, 1.54) is 0 Å². The lowest BCUT2D eigenvalue weighted by Gasteiger charge is -2.11. The number of amides is 1. The zero-order valence-electron chi connectivity index (χ0n) is 10.1. The Morgan fingerprint density at radius 1 is 1.24 bits per heavy atom. The highest BCUT2D eigenvalue weighted by Crippen LogP contribution is 2.31. The number of hydrogen-bond acceptors (Lipinski definition) is 3. The van der Waals surface area contributed by atoms with Crippen molar-refractivity contribution in [2.45, 2.75) is 6.18 Å². The van der Waals surface area contributed by atoms with Crippen molar-refractivity contribution in [2.75, 3.05) is 18.5 Å². The molecule has 1 aromatic carbocycles. The van der Waals surface area contributed by atoms with Crippen LogP contribution >= 0.6 is 23.2 Å². The van der Waals surface area contributed by atoms with Gasteiger partial charge in [0.05, 0.1) is 21.3 Å². The van der Waals surface area contributed by atoms with Crippen molar-refractivity contribution >= 4 is 40.8 Å². The summed E-state index contributed by atoms with van der Waals surface area (Å²) in [5.74, 6) is -2.18. The first kappa shape index (κ1) is 17.5. The van der Waals surface area contributed by atoms with Gasteiger partial charge in [0.25, 0.3) is 0 Å². The van der Waals surface area contributed by atoms with Crippen LogP contribution < -0.4 is 5.32 Å². The molecule has 0 unspecified atom stereocenters. The lowest BCUT2D eigenvalue weighted by atomic mass is 10.2. The van der Waals surface area contributed by atoms with Gasteiger partial charge in [-0.1, -0.05) is 23.2 Å². The average Bonchev–Trinajstić information content (AvgIpc) is 2.31. The van der Waals surface area contributed by atoms with Crippen LogP contribution in [0.3, 0.4) is 0 Å². The molecule has 0 spiro atoms. The first-order valence-corrected chi connectivity index (χ1v) is 6.02. The molecule has 0 aromatic heterocycles. The van der Waals surface area contributed by atoms with Gasteiger partial charge in [-0.25, -0.2) is 4.79 Å². The molecule has 116 valence electrons. The second-order valence-corrected chi connectivity index (χ2v) is 4.59. The van der Waals surface area contributed by atoms with E-state index < -0.39 is 31.3 Å². The summed E-state index contributed by atoms with van der Waals surface area (Å²) >= 11 is 11.5. The first-order valence-electron chi connectivity index (χ1n) is 5.27. The van der Waals surface area contributed by atoms with Crippen LogP contribution in [0.1, 0.15) is 10.4 Å². The number of ether oxygens (including phenoxy) is 1. The predicted octanol–water partition coefficient (Wildman–Crippen LogP) is 3.21. The summed E-state index contributed by atoms with van der Waals surface area (Å²) in [6.07, 6.45) is -4.54. The Bertz CT molecular complexity index is 540. The molecule has 0 atom stereocenters. The SMILES string of the molecule is O=C(COCC(F)(F)F)Nc1c(Cl)cc(C(=O)O)cc1Cl. The average molecular weight is 346 g/mol. The molecule has 21 heavy (non-hydrogen) atoms. The van der Waals surface area contributed by atoms with Crippen LogP contribution in [0, 0.1) is 0 Å². The van der Waals surface area contributed by atoms with Crippen LogP contribution in [0.5, 0.6) is 0 Å². The number of halogens is 5. The van der Waals surface area contributed by atoms with Crippen LogP contribution in [-0.4, -0.2) is 36.4 Å². The Hall–Kier alpha value is -1.51. The highest BCUT2D eigenvalue weighted by molar-refractivity contribution is 6.40. The lowest BCUT2D eigenvalue weighted by molar-refractivity contribution is -0.174. The number of aromatic carboxylic acids is 1. The van der Waals surface area contributed by atoms with Crippen molar-refractivity contribution < 1.29 is 32.6 Å². The third kappa shape index (κ3) is 5.78. The van der Waals surface area contributed by atoms with Gasteiger partial charge < -0.3 is 15.2 Å². The van der Waals surface area contributed by atoms with Gasteiger partial charge in [-0.05, 0) is 12.1 Å². The molecule has 0 saturated heterocycles. The maximum Gasteiger partial charge on any atom is 0.411 e. The molecule has 2 N–H and O–H groups in total. The molecule has 1 amide bonds. The monoisotopic (exact) mass is 345 g/mol. The van der Waals surface area contributed by atoms with E-state index in [1.807, 2.05) is 0 Å². The van der Waals surface area contributed by atoms with Crippen LogP contribution in [0.15, 0.2) is 12.1 Å². The summed E-state index contributed by atoms with van der Waals surface area (Å²) < 4.78 is 39.6. The fourth-order valence-corrected chi connectivity index (χ4v) is 1.83. The van der Waals surface area contributed by atoms with Gasteiger partial charge in [0.15, 0.2) is 0 Å². The molecule has 0 fully saturated rings. The minimum atomic E-state index is -4.54. The lowest BCUT2D eigenvalue weighted by Crippen LogP contribution is -2.24. The van der Waals surface area contributed by atoms with Crippen molar-refractivity contribution in [3.8, 4) is 0 Å². The minimum absolute atomic E-state index is 0.107. The molecule has 0 aliphatic heterocycles. The Morgan fingerprint density at radius 2 is 1.76 bits per heavy atom. The number of anilines is 1. The Morgan fingerprint density at radius 3 is 2.19 bits per heavy atom. The summed E-state index contributed by atoms with van der Waals surface area (Å²) in [6.45, 7) is -2.42. The maximum atomic E-state index is 11.8. The predicted molar refractivity (Wildman–Crippen MR) is 68.9 cm³/mol. The van der Waals surface area contributed by atoms with Gasteiger partial charge in [-0.2, -0.15) is 13.2 Å². The van der Waals surface area contributed by atoms with Gasteiger partial charge in [0.2, 0.25) is 5.91 Å². The standard InChI is InChI=1S/C11H8Cl2F3NO4/c12-6-1-5(10(19)20)2-7(13)9(6)17-8(18)3-21-4-11(14,15)16/h1-2H,3-4H2,(H,17,18)(H,19,20). The molecule has 1 rings (SSSR count). The van der Waals surface area contributed by atoms with Gasteiger partial charge in [-0.3, -0.25) is 4.79 Å². The van der Waals surface area contributed by atoms with Crippen LogP contribution in [0.25, 0.3) is 0 Å². The van der Waals surface area contributed by atoms with E-state index >= 15 is 0 Å². The molecule has 1 aromatic rings. The zero-order chi connectivity index (χ0) is 16.2. The summed E-state index contributed by atoms with van der Waals surface area (Å²) in [4.78, 5) is 22.1. The normalized spacial score (nSPS) is 11.3. The topological polar surface area (TPSA) is 75.6 Å². The minimum Gasteiger partial charge on any atom is -0.478 e. The largest absolute Gasteiger partial charge is 0.478 e. The number of rotatable bonds is 5. The second-order valence-electron chi connectivity index (χ2n) is 3.78. The Labute approximate surface area is 126 Å². The number of carbonyl (C=O) groups is 2. The number of alkyl halides is 3. The molecule has 0 radical (unpaired) electrons. The summed E-state index contributed by atoms with van der Waals surface area (Å²) in [7, 11) is 0. The number of carboxylic acids is 1. The molecule has 0 saturated carbocycles. The van der Waals surface area contributed by atoms with Gasteiger partial charge in [0, 0.05) is 0 Å². The number of nitrogens with one attached hydrogen (secondary N) is 1. The summed E-state index contributed by atoms with van der Waals surface area (Å²) in [5, 5.41) is 10.6. The van der Waals surface area contributed by atoms with Crippen molar-refractivity contribution in [2.24, 2.45) is 0 Å². The van der Waals surface area contributed by atoms with E-state index in [2.05, 4.69) is 10.1 Å². The van der Waals surface area contributed by atoms with Crippen molar-refractivity contribution in [1.29, 1.82) is 0 Å². The van der Waals surface area contributed by atoms with Crippen molar-refractivity contribution in [1.82, 2.24) is 0 Å². The van der Waals surface area contributed by atoms with E-state index in [9.17, 15) is 22.8 Å². The molecular weight excluding hydrogens is 338 g/mol. The Kier molecular flexibility index (Phi) is 5.82. The maximum absolute atomic E-state index is 11.8. The van der Waals surface area contributed by atoms with E-state index in [1.54, 1.807) is 0 Å². The van der Waals surface area contributed by atoms with E-state index in [-0.39, 0.29) is 21.3 Å². The molecule has 0 aliphatic carbocycles. The van der Waals surface area contributed by atoms with Gasteiger partial charge in [-0.15, -0.1) is 0 Å². The molecule has 0 bridgehead atoms. The molecule has 10 heteroatoms. The first-order chi connectivity index (χ1) is 9.60. The number of carbonyl (C=O) groups excluding carboxylic acids is 1. The number of hydrogen-bond donors (Lipinski definition) is 2. The second kappa shape index (κ2) is 6.97. The molecule has 0 aliphatic rings. The van der Waals surface area contributed by atoms with Crippen LogP contribution in [0.2, 0.25) is 10.0 Å². The fraction of sp³-hybridized carbons (Fsp3) is 0.273. The van der Waals surface area contributed by atoms with E-state index in [4.69, 9.17) is 28.3 Å². The van der Waals surface area contributed by atoms with Gasteiger partial charge in [0.1, 0.15) is 13.2 Å². The third-order valence-corrected chi connectivity index (χ3v) is 2.65. The zero-order valence-corrected chi connectivity index (χ0v) is 11.6. The van der Waals surface area contributed by atoms with Crippen molar-refractivity contribution in [3.63, 3.8) is 0 Å². The smallest absolute Gasteiger partial charge is 0.411 e. The summed E-state index contributed by atoms with van der Waals surface area (Å²) in [5.41, 5.74) is -0.305. The van der Waals surface area contributed by atoms with Crippen molar-refractivity contribution in [3.05, 3.63) is 27.7 Å².